The lowest BCUT2D eigenvalue weighted by Gasteiger charge is -2.18. The van der Waals surface area contributed by atoms with Crippen molar-refractivity contribution in [1.82, 2.24) is 18.3 Å². The number of hydrogen-bond acceptors (Lipinski definition) is 4. The van der Waals surface area contributed by atoms with Gasteiger partial charge in [-0.1, -0.05) is 18.2 Å². The van der Waals surface area contributed by atoms with E-state index in [1.54, 1.807) is 0 Å². The van der Waals surface area contributed by atoms with Crippen molar-refractivity contribution in [2.75, 3.05) is 0 Å². The number of halogens is 5. The van der Waals surface area contributed by atoms with Gasteiger partial charge in [-0.2, -0.15) is 13.2 Å². The fourth-order valence-corrected chi connectivity index (χ4v) is 4.45. The predicted octanol–water partition coefficient (Wildman–Crippen LogP) is 3.38. The molecule has 0 aliphatic heterocycles. The smallest absolute Gasteiger partial charge is 0.406 e. The molecule has 0 saturated heterocycles. The summed E-state index contributed by atoms with van der Waals surface area (Å²) in [5.74, 6) is -4.92. The number of rotatable bonds is 6. The van der Waals surface area contributed by atoms with Crippen LogP contribution in [0.3, 0.4) is 0 Å². The van der Waals surface area contributed by atoms with Crippen LogP contribution in [-0.4, -0.2) is 35.5 Å². The van der Waals surface area contributed by atoms with E-state index < -0.39 is 53.7 Å². The number of benzene rings is 2. The highest BCUT2D eigenvalue weighted by Crippen LogP contribution is 2.31. The highest BCUT2D eigenvalue weighted by molar-refractivity contribution is 5.87. The number of aromatic nitrogens is 4. The SMILES string of the molecule is Cc1c(Cn2c(=O)c(C(=O)O)cn(-c3ccc4c(c3)n(CC(F)(F)F)c(=O)n4C)c2=O)cccc1C(C)(F)F. The lowest BCUT2D eigenvalue weighted by Crippen LogP contribution is -2.42. The second kappa shape index (κ2) is 9.36. The Hall–Kier alpha value is -4.49. The molecule has 0 radical (unpaired) electrons. The molecule has 2 aromatic carbocycles. The van der Waals surface area contributed by atoms with Crippen LogP contribution in [0.4, 0.5) is 22.0 Å². The molecule has 4 aromatic rings. The van der Waals surface area contributed by atoms with E-state index in [1.807, 2.05) is 0 Å². The summed E-state index contributed by atoms with van der Waals surface area (Å²) in [5, 5.41) is 9.61. The van der Waals surface area contributed by atoms with E-state index in [9.17, 15) is 46.2 Å². The van der Waals surface area contributed by atoms with Gasteiger partial charge < -0.3 is 5.11 Å². The maximum absolute atomic E-state index is 14.0. The number of aromatic carboxylic acids is 1. The summed E-state index contributed by atoms with van der Waals surface area (Å²) in [4.78, 5) is 50.6. The van der Waals surface area contributed by atoms with Gasteiger partial charge in [0.05, 0.1) is 23.3 Å². The van der Waals surface area contributed by atoms with Crippen molar-refractivity contribution in [3.8, 4) is 5.69 Å². The van der Waals surface area contributed by atoms with E-state index in [0.717, 1.165) is 21.4 Å². The van der Waals surface area contributed by atoms with Crippen LogP contribution in [0.25, 0.3) is 16.7 Å². The number of nitrogens with zero attached hydrogens (tertiary/aromatic N) is 4. The highest BCUT2D eigenvalue weighted by atomic mass is 19.4. The van der Waals surface area contributed by atoms with Gasteiger partial charge >= 0.3 is 23.5 Å². The molecule has 4 rings (SSSR count). The van der Waals surface area contributed by atoms with Crippen molar-refractivity contribution in [3.05, 3.63) is 96.2 Å². The molecule has 0 atom stereocenters. The zero-order valence-electron chi connectivity index (χ0n) is 20.7. The van der Waals surface area contributed by atoms with Gasteiger partial charge in [-0.05, 0) is 36.2 Å². The van der Waals surface area contributed by atoms with Crippen molar-refractivity contribution in [1.29, 1.82) is 0 Å². The average molecular weight is 552 g/mol. The Labute approximate surface area is 215 Å². The number of carboxylic acids is 1. The fraction of sp³-hybridized carbons (Fsp3) is 0.280. The van der Waals surface area contributed by atoms with Gasteiger partial charge in [0.2, 0.25) is 0 Å². The van der Waals surface area contributed by atoms with Gasteiger partial charge in [0, 0.05) is 25.7 Å². The molecule has 0 fully saturated rings. The Bertz CT molecular complexity index is 1810. The molecule has 0 unspecified atom stereocenters. The zero-order valence-corrected chi connectivity index (χ0v) is 20.7. The molecule has 2 aromatic heterocycles. The van der Waals surface area contributed by atoms with Crippen LogP contribution in [0.2, 0.25) is 0 Å². The molecule has 0 spiro atoms. The summed E-state index contributed by atoms with van der Waals surface area (Å²) in [5.41, 5.74) is -4.39. The molecular weight excluding hydrogens is 531 g/mol. The predicted molar refractivity (Wildman–Crippen MR) is 130 cm³/mol. The maximum atomic E-state index is 14.0. The molecule has 0 amide bonds. The van der Waals surface area contributed by atoms with Gasteiger partial charge in [0.25, 0.3) is 11.5 Å². The lowest BCUT2D eigenvalue weighted by molar-refractivity contribution is -0.140. The van der Waals surface area contributed by atoms with Crippen LogP contribution >= 0.6 is 0 Å². The van der Waals surface area contributed by atoms with E-state index in [4.69, 9.17) is 0 Å². The van der Waals surface area contributed by atoms with E-state index >= 15 is 0 Å². The van der Waals surface area contributed by atoms with Crippen LogP contribution in [-0.2, 0) is 26.1 Å². The monoisotopic (exact) mass is 552 g/mol. The first-order valence-corrected chi connectivity index (χ1v) is 11.3. The van der Waals surface area contributed by atoms with Crippen molar-refractivity contribution in [2.24, 2.45) is 7.05 Å². The molecule has 0 aliphatic rings. The number of aryl methyl sites for hydroxylation is 1. The Morgan fingerprint density at radius 3 is 2.21 bits per heavy atom. The van der Waals surface area contributed by atoms with Gasteiger partial charge in [0.15, 0.2) is 0 Å². The first-order valence-electron chi connectivity index (χ1n) is 11.3. The second-order valence-corrected chi connectivity index (χ2v) is 9.09. The number of alkyl halides is 5. The molecule has 0 aliphatic carbocycles. The number of imidazole rings is 1. The molecule has 9 nitrogen and oxygen atoms in total. The minimum Gasteiger partial charge on any atom is -0.477 e. The standard InChI is InChI=1S/C25H21F5N4O5/c1-13-14(5-4-6-17(13)24(2,26)27)10-33-20(35)16(21(36)37)11-32(23(33)39)15-7-8-18-19(9-15)34(12-25(28,29)30)22(38)31(18)3/h4-9,11H,10,12H2,1-3H3,(H,36,37). The van der Waals surface area contributed by atoms with E-state index in [-0.39, 0.29) is 33.4 Å². The highest BCUT2D eigenvalue weighted by Gasteiger charge is 2.31. The van der Waals surface area contributed by atoms with Crippen LogP contribution in [0.5, 0.6) is 0 Å². The Kier molecular flexibility index (Phi) is 6.61. The quantitative estimate of drug-likeness (QED) is 0.369. The summed E-state index contributed by atoms with van der Waals surface area (Å²) in [7, 11) is 1.27. The van der Waals surface area contributed by atoms with Gasteiger partial charge in [-0.15, -0.1) is 0 Å². The molecule has 2 heterocycles. The third-order valence-corrected chi connectivity index (χ3v) is 6.39. The lowest BCUT2D eigenvalue weighted by atomic mass is 9.98. The van der Waals surface area contributed by atoms with Crippen LogP contribution < -0.4 is 16.9 Å². The second-order valence-electron chi connectivity index (χ2n) is 9.09. The summed E-state index contributed by atoms with van der Waals surface area (Å²) in [6, 6.07) is 7.53. The number of carboxylic acid groups (broad SMARTS) is 1. The minimum absolute atomic E-state index is 0.0884. The largest absolute Gasteiger partial charge is 0.477 e. The van der Waals surface area contributed by atoms with E-state index in [2.05, 4.69) is 0 Å². The van der Waals surface area contributed by atoms with Gasteiger partial charge in [-0.3, -0.25) is 23.1 Å². The van der Waals surface area contributed by atoms with Crippen molar-refractivity contribution < 1.29 is 31.9 Å². The maximum Gasteiger partial charge on any atom is 0.406 e. The van der Waals surface area contributed by atoms with Crippen molar-refractivity contribution >= 4 is 17.0 Å². The van der Waals surface area contributed by atoms with Crippen molar-refractivity contribution in [2.45, 2.75) is 39.0 Å². The molecular formula is C25H21F5N4O5. The molecule has 206 valence electrons. The fourth-order valence-electron chi connectivity index (χ4n) is 4.45. The third kappa shape index (κ3) is 5.01. The Balaban J connectivity index is 1.96. The number of carbonyl (C=O) groups is 1. The first-order chi connectivity index (χ1) is 18.0. The molecule has 39 heavy (non-hydrogen) atoms. The summed E-state index contributed by atoms with van der Waals surface area (Å²) in [6.07, 6.45) is -4.01. The normalized spacial score (nSPS) is 12.3. The molecule has 14 heteroatoms. The Morgan fingerprint density at radius 1 is 0.949 bits per heavy atom. The molecule has 0 bridgehead atoms. The van der Waals surface area contributed by atoms with E-state index in [1.165, 1.54) is 44.3 Å². The topological polar surface area (TPSA) is 108 Å². The number of fused-ring (bicyclic) bond motifs is 1. The summed E-state index contributed by atoms with van der Waals surface area (Å²) >= 11 is 0. The van der Waals surface area contributed by atoms with Crippen LogP contribution in [0.15, 0.2) is 57.0 Å². The minimum atomic E-state index is -4.74. The summed E-state index contributed by atoms with van der Waals surface area (Å²) < 4.78 is 70.2. The van der Waals surface area contributed by atoms with Gasteiger partial charge in [-0.25, -0.2) is 23.2 Å². The van der Waals surface area contributed by atoms with Crippen molar-refractivity contribution in [3.63, 3.8) is 0 Å². The Morgan fingerprint density at radius 2 is 1.62 bits per heavy atom. The first kappa shape index (κ1) is 27.5. The van der Waals surface area contributed by atoms with Crippen LogP contribution in [0.1, 0.15) is 34.0 Å². The average Bonchev–Trinajstić information content (AvgIpc) is 3.05. The van der Waals surface area contributed by atoms with Crippen LogP contribution in [0, 0.1) is 6.92 Å². The summed E-state index contributed by atoms with van der Waals surface area (Å²) in [6.45, 7) is -0.114. The number of hydrogen-bond donors (Lipinski definition) is 1. The molecule has 1 N–H and O–H groups in total. The molecule has 0 saturated carbocycles. The van der Waals surface area contributed by atoms with Gasteiger partial charge in [0.1, 0.15) is 12.1 Å². The third-order valence-electron chi connectivity index (χ3n) is 6.39. The van der Waals surface area contributed by atoms with E-state index in [0.29, 0.717) is 16.1 Å². The zero-order chi connectivity index (χ0) is 29.0.